The van der Waals surface area contributed by atoms with E-state index in [1.165, 1.54) is 0 Å². The van der Waals surface area contributed by atoms with Crippen LogP contribution in [0.2, 0.25) is 0 Å². The lowest BCUT2D eigenvalue weighted by molar-refractivity contribution is 0.0227. The molecule has 3 heterocycles. The van der Waals surface area contributed by atoms with Crippen molar-refractivity contribution in [3.63, 3.8) is 0 Å². The number of β-amino-alcohol motifs (C(OH)–C–C–N with tert-alkyl or cyclic N) is 1. The van der Waals surface area contributed by atoms with Crippen LogP contribution in [0.4, 0.5) is 0 Å². The molecule has 0 unspecified atom stereocenters. The predicted molar refractivity (Wildman–Crippen MR) is 109 cm³/mol. The summed E-state index contributed by atoms with van der Waals surface area (Å²) in [6.45, 7) is 7.38. The van der Waals surface area contributed by atoms with Gasteiger partial charge in [0, 0.05) is 31.7 Å². The molecule has 2 atom stereocenters. The van der Waals surface area contributed by atoms with Gasteiger partial charge in [-0.05, 0) is 62.1 Å². The minimum absolute atomic E-state index is 0.177. The average Bonchev–Trinajstić information content (AvgIpc) is 3.10. The minimum Gasteiger partial charge on any atom is -0.392 e. The Morgan fingerprint density at radius 1 is 1.25 bits per heavy atom. The highest BCUT2D eigenvalue weighted by molar-refractivity contribution is 5.95. The summed E-state index contributed by atoms with van der Waals surface area (Å²) in [6.07, 6.45) is 6.15. The molecule has 0 aromatic heterocycles. The standard InChI is InChI=1S/C23H34N2O3/c1-2-18-6-3-4-8-21(18)22(27)25-12-9-23(10-13-25)14-20(28-17-23)16-24-11-5-7-19(26)15-24/h3-4,6,8,19-20,26H,2,5,7,9-17H2,1H3/t19-,20+/m1/s1. The molecule has 0 radical (unpaired) electrons. The molecule has 3 fully saturated rings. The number of carbonyl (C=O) groups is 1. The lowest BCUT2D eigenvalue weighted by Crippen LogP contribution is -2.44. The van der Waals surface area contributed by atoms with Gasteiger partial charge in [-0.3, -0.25) is 9.69 Å². The number of carbonyl (C=O) groups excluding carboxylic acids is 1. The number of hydrogen-bond acceptors (Lipinski definition) is 4. The molecule has 0 bridgehead atoms. The third-order valence-electron chi connectivity index (χ3n) is 6.97. The zero-order chi connectivity index (χ0) is 19.6. The summed E-state index contributed by atoms with van der Waals surface area (Å²) < 4.78 is 6.17. The van der Waals surface area contributed by atoms with Crippen molar-refractivity contribution >= 4 is 5.91 Å². The fourth-order valence-corrected chi connectivity index (χ4v) is 5.24. The molecule has 1 aromatic carbocycles. The van der Waals surface area contributed by atoms with Crippen molar-refractivity contribution < 1.29 is 14.6 Å². The Labute approximate surface area is 168 Å². The molecule has 0 saturated carbocycles. The van der Waals surface area contributed by atoms with Gasteiger partial charge in [-0.15, -0.1) is 0 Å². The summed E-state index contributed by atoms with van der Waals surface area (Å²) in [5.41, 5.74) is 2.24. The van der Waals surface area contributed by atoms with E-state index >= 15 is 0 Å². The number of ether oxygens (including phenoxy) is 1. The van der Waals surface area contributed by atoms with E-state index in [1.807, 2.05) is 23.1 Å². The third kappa shape index (κ3) is 4.27. The molecule has 0 aliphatic carbocycles. The van der Waals surface area contributed by atoms with Crippen molar-refractivity contribution in [1.82, 2.24) is 9.80 Å². The maximum absolute atomic E-state index is 13.0. The molecule has 1 spiro atoms. The topological polar surface area (TPSA) is 53.0 Å². The Morgan fingerprint density at radius 3 is 2.79 bits per heavy atom. The van der Waals surface area contributed by atoms with Gasteiger partial charge in [0.05, 0.1) is 18.8 Å². The summed E-state index contributed by atoms with van der Waals surface area (Å²) in [7, 11) is 0. The number of rotatable bonds is 4. The second-order valence-corrected chi connectivity index (χ2v) is 9.00. The molecule has 1 aromatic rings. The number of piperidine rings is 2. The molecule has 4 rings (SSSR count). The van der Waals surface area contributed by atoms with E-state index in [1.54, 1.807) is 0 Å². The highest BCUT2D eigenvalue weighted by Gasteiger charge is 2.43. The Kier molecular flexibility index (Phi) is 6.04. The maximum Gasteiger partial charge on any atom is 0.254 e. The Bertz CT molecular complexity index is 684. The highest BCUT2D eigenvalue weighted by atomic mass is 16.5. The highest BCUT2D eigenvalue weighted by Crippen LogP contribution is 2.42. The molecule has 1 amide bonds. The zero-order valence-corrected chi connectivity index (χ0v) is 17.1. The van der Waals surface area contributed by atoms with Crippen molar-refractivity contribution in [3.05, 3.63) is 35.4 Å². The van der Waals surface area contributed by atoms with E-state index in [2.05, 4.69) is 17.9 Å². The number of likely N-dealkylation sites (tertiary alicyclic amines) is 2. The van der Waals surface area contributed by atoms with Crippen LogP contribution in [-0.4, -0.2) is 72.4 Å². The number of aliphatic hydroxyl groups excluding tert-OH is 1. The van der Waals surface area contributed by atoms with Gasteiger partial charge in [-0.2, -0.15) is 0 Å². The van der Waals surface area contributed by atoms with Gasteiger partial charge in [0.1, 0.15) is 0 Å². The maximum atomic E-state index is 13.0. The van der Waals surface area contributed by atoms with Crippen molar-refractivity contribution in [2.24, 2.45) is 5.41 Å². The number of benzene rings is 1. The number of aryl methyl sites for hydroxylation is 1. The number of nitrogens with zero attached hydrogens (tertiary/aromatic N) is 2. The van der Waals surface area contributed by atoms with Crippen molar-refractivity contribution in [2.45, 2.75) is 57.7 Å². The van der Waals surface area contributed by atoms with E-state index in [0.29, 0.717) is 0 Å². The van der Waals surface area contributed by atoms with Crippen molar-refractivity contribution in [2.75, 3.05) is 39.3 Å². The molecule has 1 N–H and O–H groups in total. The summed E-state index contributed by atoms with van der Waals surface area (Å²) in [4.78, 5) is 17.4. The van der Waals surface area contributed by atoms with Crippen LogP contribution in [0.5, 0.6) is 0 Å². The third-order valence-corrected chi connectivity index (χ3v) is 6.97. The van der Waals surface area contributed by atoms with E-state index < -0.39 is 0 Å². The lowest BCUT2D eigenvalue weighted by atomic mass is 9.76. The summed E-state index contributed by atoms with van der Waals surface area (Å²) in [5.74, 6) is 0.185. The van der Waals surface area contributed by atoms with Crippen LogP contribution >= 0.6 is 0 Å². The van der Waals surface area contributed by atoms with Gasteiger partial charge in [0.25, 0.3) is 5.91 Å². The van der Waals surface area contributed by atoms with Crippen LogP contribution < -0.4 is 0 Å². The van der Waals surface area contributed by atoms with Gasteiger partial charge in [0.2, 0.25) is 0 Å². The molecule has 5 heteroatoms. The Hall–Kier alpha value is -1.43. The molecular formula is C23H34N2O3. The Morgan fingerprint density at radius 2 is 2.04 bits per heavy atom. The number of aliphatic hydroxyl groups is 1. The Balaban J connectivity index is 1.31. The predicted octanol–water partition coefficient (Wildman–Crippen LogP) is 2.72. The monoisotopic (exact) mass is 386 g/mol. The number of amides is 1. The van der Waals surface area contributed by atoms with Gasteiger partial charge in [-0.1, -0.05) is 25.1 Å². The van der Waals surface area contributed by atoms with Gasteiger partial charge >= 0.3 is 0 Å². The molecular weight excluding hydrogens is 352 g/mol. The quantitative estimate of drug-likeness (QED) is 0.865. The normalized spacial score (nSPS) is 28.0. The first kappa shape index (κ1) is 19.9. The molecule has 3 aliphatic rings. The summed E-state index contributed by atoms with van der Waals surface area (Å²) >= 11 is 0. The molecule has 154 valence electrons. The van der Waals surface area contributed by atoms with E-state index in [0.717, 1.165) is 89.0 Å². The molecule has 28 heavy (non-hydrogen) atoms. The van der Waals surface area contributed by atoms with Crippen molar-refractivity contribution in [1.29, 1.82) is 0 Å². The van der Waals surface area contributed by atoms with Crippen LogP contribution in [-0.2, 0) is 11.2 Å². The summed E-state index contributed by atoms with van der Waals surface area (Å²) in [6, 6.07) is 8.00. The molecule has 3 aliphatic heterocycles. The zero-order valence-electron chi connectivity index (χ0n) is 17.1. The van der Waals surface area contributed by atoms with Crippen LogP contribution in [0.1, 0.15) is 54.9 Å². The summed E-state index contributed by atoms with van der Waals surface area (Å²) in [5, 5.41) is 9.89. The van der Waals surface area contributed by atoms with E-state index in [9.17, 15) is 9.90 Å². The molecule has 5 nitrogen and oxygen atoms in total. The van der Waals surface area contributed by atoms with Crippen LogP contribution in [0.25, 0.3) is 0 Å². The van der Waals surface area contributed by atoms with Crippen LogP contribution in [0.3, 0.4) is 0 Å². The average molecular weight is 387 g/mol. The smallest absolute Gasteiger partial charge is 0.254 e. The SMILES string of the molecule is CCc1ccccc1C(=O)N1CCC2(CC1)CO[C@H](CN1CCC[C@@H](O)C1)C2. The van der Waals surface area contributed by atoms with Gasteiger partial charge < -0.3 is 14.7 Å². The van der Waals surface area contributed by atoms with E-state index in [4.69, 9.17) is 4.74 Å². The second-order valence-electron chi connectivity index (χ2n) is 9.00. The first-order chi connectivity index (χ1) is 13.6. The largest absolute Gasteiger partial charge is 0.392 e. The van der Waals surface area contributed by atoms with Crippen molar-refractivity contribution in [3.8, 4) is 0 Å². The fraction of sp³-hybridized carbons (Fsp3) is 0.696. The van der Waals surface area contributed by atoms with Gasteiger partial charge in [-0.25, -0.2) is 0 Å². The molecule has 3 saturated heterocycles. The van der Waals surface area contributed by atoms with Crippen LogP contribution in [0, 0.1) is 5.41 Å². The van der Waals surface area contributed by atoms with E-state index in [-0.39, 0.29) is 23.5 Å². The first-order valence-corrected chi connectivity index (χ1v) is 11.0. The lowest BCUT2D eigenvalue weighted by Gasteiger charge is -2.39. The van der Waals surface area contributed by atoms with Gasteiger partial charge in [0.15, 0.2) is 0 Å². The first-order valence-electron chi connectivity index (χ1n) is 11.0. The minimum atomic E-state index is -0.177. The number of hydrogen-bond donors (Lipinski definition) is 1. The fourth-order valence-electron chi connectivity index (χ4n) is 5.24. The van der Waals surface area contributed by atoms with Crippen LogP contribution in [0.15, 0.2) is 24.3 Å². The second kappa shape index (κ2) is 8.52.